The van der Waals surface area contributed by atoms with E-state index in [4.69, 9.17) is 10.4 Å². The molecule has 0 spiro atoms. The fourth-order valence-electron chi connectivity index (χ4n) is 1.97. The van der Waals surface area contributed by atoms with Crippen LogP contribution in [0, 0.1) is 18.3 Å². The predicted molar refractivity (Wildman–Crippen MR) is 79.3 cm³/mol. The molecule has 0 bridgehead atoms. The number of hydrogen-bond acceptors (Lipinski definition) is 4. The number of anilines is 1. The lowest BCUT2D eigenvalue weighted by atomic mass is 10.1. The fourth-order valence-corrected chi connectivity index (χ4v) is 1.97. The normalized spacial score (nSPS) is 9.90. The predicted octanol–water partition coefficient (Wildman–Crippen LogP) is 2.61. The summed E-state index contributed by atoms with van der Waals surface area (Å²) in [4.78, 5) is 15.1. The molecule has 0 saturated heterocycles. The van der Waals surface area contributed by atoms with Gasteiger partial charge in [0, 0.05) is 12.2 Å². The maximum absolute atomic E-state index is 10.8. The molecule has 0 aliphatic rings. The molecule has 0 atom stereocenters. The Morgan fingerprint density at radius 1 is 1.33 bits per heavy atom. The highest BCUT2D eigenvalue weighted by Gasteiger charge is 2.02. The summed E-state index contributed by atoms with van der Waals surface area (Å²) in [6.07, 6.45) is 0.747. The summed E-state index contributed by atoms with van der Waals surface area (Å²) in [5, 5.41) is 20.9. The maximum atomic E-state index is 10.8. The number of pyridine rings is 1. The van der Waals surface area contributed by atoms with Crippen LogP contribution in [0.15, 0.2) is 36.4 Å². The van der Waals surface area contributed by atoms with Crippen molar-refractivity contribution in [2.24, 2.45) is 0 Å². The van der Waals surface area contributed by atoms with Crippen LogP contribution in [0.3, 0.4) is 0 Å². The molecule has 0 unspecified atom stereocenters. The van der Waals surface area contributed by atoms with Crippen molar-refractivity contribution < 1.29 is 9.90 Å². The monoisotopic (exact) mass is 281 g/mol. The minimum absolute atomic E-state index is 0.283. The summed E-state index contributed by atoms with van der Waals surface area (Å²) in [5.74, 6) is -0.249. The molecular formula is C16H15N3O2. The van der Waals surface area contributed by atoms with E-state index in [1.807, 2.05) is 6.92 Å². The Morgan fingerprint density at radius 3 is 2.67 bits per heavy atom. The van der Waals surface area contributed by atoms with Crippen molar-refractivity contribution in [1.82, 2.24) is 4.98 Å². The van der Waals surface area contributed by atoms with E-state index in [-0.39, 0.29) is 5.56 Å². The third kappa shape index (κ3) is 4.05. The molecule has 0 aliphatic carbocycles. The fraction of sp³-hybridized carbons (Fsp3) is 0.188. The van der Waals surface area contributed by atoms with Gasteiger partial charge in [0.15, 0.2) is 0 Å². The van der Waals surface area contributed by atoms with E-state index in [1.165, 1.54) is 0 Å². The highest BCUT2D eigenvalue weighted by Crippen LogP contribution is 2.10. The van der Waals surface area contributed by atoms with Crippen LogP contribution < -0.4 is 5.32 Å². The Balaban J connectivity index is 1.94. The second-order valence-electron chi connectivity index (χ2n) is 4.67. The lowest BCUT2D eigenvalue weighted by Gasteiger charge is -2.07. The summed E-state index contributed by atoms with van der Waals surface area (Å²) < 4.78 is 0. The first-order valence-corrected chi connectivity index (χ1v) is 6.53. The zero-order chi connectivity index (χ0) is 15.2. The summed E-state index contributed by atoms with van der Waals surface area (Å²) in [6.45, 7) is 2.50. The van der Waals surface area contributed by atoms with Gasteiger partial charge in [-0.05, 0) is 43.2 Å². The van der Waals surface area contributed by atoms with E-state index in [2.05, 4.69) is 16.4 Å². The number of rotatable bonds is 5. The van der Waals surface area contributed by atoms with Crippen molar-refractivity contribution in [3.8, 4) is 6.07 Å². The van der Waals surface area contributed by atoms with Crippen LogP contribution in [-0.4, -0.2) is 22.6 Å². The molecule has 0 fully saturated rings. The van der Waals surface area contributed by atoms with Crippen molar-refractivity contribution in [1.29, 1.82) is 5.26 Å². The van der Waals surface area contributed by atoms with Crippen molar-refractivity contribution in [2.75, 3.05) is 11.9 Å². The van der Waals surface area contributed by atoms with Crippen molar-refractivity contribution in [3.63, 3.8) is 0 Å². The zero-order valence-electron chi connectivity index (χ0n) is 11.6. The van der Waals surface area contributed by atoms with Crippen molar-refractivity contribution in [2.45, 2.75) is 13.3 Å². The number of benzene rings is 1. The molecule has 1 aromatic carbocycles. The van der Waals surface area contributed by atoms with Crippen molar-refractivity contribution in [3.05, 3.63) is 58.8 Å². The molecule has 21 heavy (non-hydrogen) atoms. The Morgan fingerprint density at radius 2 is 2.05 bits per heavy atom. The molecule has 2 aromatic rings. The van der Waals surface area contributed by atoms with Gasteiger partial charge in [-0.1, -0.05) is 12.1 Å². The Labute approximate surface area is 122 Å². The highest BCUT2D eigenvalue weighted by molar-refractivity contribution is 5.87. The quantitative estimate of drug-likeness (QED) is 0.879. The number of carboxylic acid groups (broad SMARTS) is 1. The third-order valence-electron chi connectivity index (χ3n) is 3.00. The van der Waals surface area contributed by atoms with E-state index in [1.54, 1.807) is 36.4 Å². The number of nitriles is 1. The largest absolute Gasteiger partial charge is 0.478 e. The Kier molecular flexibility index (Phi) is 4.52. The van der Waals surface area contributed by atoms with Gasteiger partial charge in [-0.2, -0.15) is 5.26 Å². The number of aromatic carboxylic acids is 1. The number of aryl methyl sites for hydroxylation is 1. The number of nitrogens with zero attached hydrogens (tertiary/aromatic N) is 2. The molecule has 0 aliphatic heterocycles. The van der Waals surface area contributed by atoms with Crippen LogP contribution in [0.4, 0.5) is 5.82 Å². The van der Waals surface area contributed by atoms with Crippen LogP contribution in [0.1, 0.15) is 27.2 Å². The van der Waals surface area contributed by atoms with Gasteiger partial charge in [-0.15, -0.1) is 0 Å². The highest BCUT2D eigenvalue weighted by atomic mass is 16.4. The number of hydrogen-bond donors (Lipinski definition) is 2. The van der Waals surface area contributed by atoms with Gasteiger partial charge in [0.05, 0.1) is 17.2 Å². The summed E-state index contributed by atoms with van der Waals surface area (Å²) >= 11 is 0. The van der Waals surface area contributed by atoms with E-state index in [9.17, 15) is 4.79 Å². The second-order valence-corrected chi connectivity index (χ2v) is 4.67. The third-order valence-corrected chi connectivity index (χ3v) is 3.00. The molecular weight excluding hydrogens is 266 g/mol. The summed E-state index contributed by atoms with van der Waals surface area (Å²) in [5.41, 5.74) is 2.70. The first-order valence-electron chi connectivity index (χ1n) is 6.53. The number of aromatic nitrogens is 1. The number of nitrogens with one attached hydrogen (secondary N) is 1. The van der Waals surface area contributed by atoms with Crippen LogP contribution in [0.5, 0.6) is 0 Å². The molecule has 0 amide bonds. The first kappa shape index (κ1) is 14.5. The van der Waals surface area contributed by atoms with Gasteiger partial charge in [0.25, 0.3) is 0 Å². The number of carbonyl (C=O) groups is 1. The Bertz CT molecular complexity index is 688. The van der Waals surface area contributed by atoms with Gasteiger partial charge >= 0.3 is 5.97 Å². The molecule has 2 rings (SSSR count). The van der Waals surface area contributed by atoms with Gasteiger partial charge in [0.1, 0.15) is 5.82 Å². The van der Waals surface area contributed by atoms with Gasteiger partial charge in [0.2, 0.25) is 0 Å². The van der Waals surface area contributed by atoms with Crippen LogP contribution in [-0.2, 0) is 6.42 Å². The maximum Gasteiger partial charge on any atom is 0.335 e. The standard InChI is InChI=1S/C16H15N3O2/c1-11-8-13(10-17)9-15(19-11)18-7-6-12-2-4-14(5-3-12)16(20)21/h2-5,8-9H,6-7H2,1H3,(H,18,19)(H,20,21). The minimum atomic E-state index is -0.923. The van der Waals surface area contributed by atoms with Gasteiger partial charge in [-0.25, -0.2) is 9.78 Å². The topological polar surface area (TPSA) is 86.0 Å². The van der Waals surface area contributed by atoms with E-state index >= 15 is 0 Å². The van der Waals surface area contributed by atoms with Crippen LogP contribution in [0.25, 0.3) is 0 Å². The Hall–Kier alpha value is -2.87. The van der Waals surface area contributed by atoms with Crippen LogP contribution >= 0.6 is 0 Å². The molecule has 0 saturated carbocycles. The summed E-state index contributed by atoms with van der Waals surface area (Å²) in [6, 6.07) is 12.3. The van der Waals surface area contributed by atoms with E-state index in [0.29, 0.717) is 17.9 Å². The van der Waals surface area contributed by atoms with E-state index in [0.717, 1.165) is 17.7 Å². The molecule has 106 valence electrons. The smallest absolute Gasteiger partial charge is 0.335 e. The first-order chi connectivity index (χ1) is 10.1. The summed E-state index contributed by atoms with van der Waals surface area (Å²) in [7, 11) is 0. The van der Waals surface area contributed by atoms with Crippen LogP contribution in [0.2, 0.25) is 0 Å². The molecule has 2 N–H and O–H groups in total. The lowest BCUT2D eigenvalue weighted by Crippen LogP contribution is -2.07. The lowest BCUT2D eigenvalue weighted by molar-refractivity contribution is 0.0697. The van der Waals surface area contributed by atoms with Gasteiger partial charge < -0.3 is 10.4 Å². The van der Waals surface area contributed by atoms with Gasteiger partial charge in [-0.3, -0.25) is 0 Å². The molecule has 1 aromatic heterocycles. The SMILES string of the molecule is Cc1cc(C#N)cc(NCCc2ccc(C(=O)O)cc2)n1. The zero-order valence-corrected chi connectivity index (χ0v) is 11.6. The molecule has 5 nitrogen and oxygen atoms in total. The molecule has 1 heterocycles. The van der Waals surface area contributed by atoms with Crippen molar-refractivity contribution >= 4 is 11.8 Å². The molecule has 0 radical (unpaired) electrons. The molecule has 5 heteroatoms. The van der Waals surface area contributed by atoms with E-state index < -0.39 is 5.97 Å². The average Bonchev–Trinajstić information content (AvgIpc) is 2.47. The minimum Gasteiger partial charge on any atom is -0.478 e. The second kappa shape index (κ2) is 6.53. The average molecular weight is 281 g/mol. The number of carboxylic acids is 1.